The summed E-state index contributed by atoms with van der Waals surface area (Å²) in [7, 11) is 0. The molecular formula is C33H21NO. The van der Waals surface area contributed by atoms with Gasteiger partial charge in [-0.15, -0.1) is 0 Å². The molecule has 2 heteroatoms. The normalized spacial score (nSPS) is 11.4. The fourth-order valence-electron chi connectivity index (χ4n) is 5.22. The molecule has 0 radical (unpaired) electrons. The fraction of sp³-hybridized carbons (Fsp3) is 0. The zero-order chi connectivity index (χ0) is 23.2. The van der Waals surface area contributed by atoms with Crippen LogP contribution in [0, 0.1) is 0 Å². The van der Waals surface area contributed by atoms with Crippen LogP contribution in [0.4, 0.5) is 0 Å². The lowest BCUT2D eigenvalue weighted by Gasteiger charge is -2.18. The van der Waals surface area contributed by atoms with Gasteiger partial charge in [-0.25, -0.2) is 0 Å². The van der Waals surface area contributed by atoms with Crippen molar-refractivity contribution in [2.24, 2.45) is 0 Å². The van der Waals surface area contributed by atoms with E-state index in [1.165, 1.54) is 21.9 Å². The van der Waals surface area contributed by atoms with Gasteiger partial charge in [-0.2, -0.15) is 0 Å². The Morgan fingerprint density at radius 3 is 1.94 bits per heavy atom. The smallest absolute Gasteiger partial charge is 0.143 e. The highest BCUT2D eigenvalue weighted by atomic mass is 16.5. The monoisotopic (exact) mass is 447 g/mol. The highest BCUT2D eigenvalue weighted by molar-refractivity contribution is 6.17. The Kier molecular flexibility index (Phi) is 4.49. The lowest BCUT2D eigenvalue weighted by molar-refractivity contribution is 0.500. The Bertz CT molecular complexity index is 1820. The van der Waals surface area contributed by atoms with E-state index in [1.807, 2.05) is 12.4 Å². The van der Waals surface area contributed by atoms with Crippen LogP contribution in [-0.2, 0) is 0 Å². The van der Waals surface area contributed by atoms with Crippen molar-refractivity contribution in [2.75, 3.05) is 0 Å². The van der Waals surface area contributed by atoms with E-state index in [0.29, 0.717) is 0 Å². The first-order chi connectivity index (χ1) is 17.4. The molecule has 0 bridgehead atoms. The van der Waals surface area contributed by atoms with Gasteiger partial charge in [-0.1, -0.05) is 103 Å². The highest BCUT2D eigenvalue weighted by Crippen LogP contribution is 2.45. The maximum absolute atomic E-state index is 6.89. The molecule has 2 nitrogen and oxygen atoms in total. The number of fused-ring (bicyclic) bond motifs is 5. The SMILES string of the molecule is c1ccc(-c2c3ccccc3c(Oc3cc4ccccc4c4ccccc34)c3ccncc23)cc1. The molecule has 6 aromatic carbocycles. The van der Waals surface area contributed by atoms with Crippen molar-refractivity contribution in [3.63, 3.8) is 0 Å². The first-order valence-corrected chi connectivity index (χ1v) is 11.8. The first kappa shape index (κ1) is 19.7. The molecule has 7 aromatic rings. The number of rotatable bonds is 3. The van der Waals surface area contributed by atoms with Gasteiger partial charge in [0.1, 0.15) is 11.5 Å². The number of pyridine rings is 1. The number of hydrogen-bond acceptors (Lipinski definition) is 2. The van der Waals surface area contributed by atoms with Gasteiger partial charge in [0.2, 0.25) is 0 Å². The summed E-state index contributed by atoms with van der Waals surface area (Å²) in [5, 5.41) is 9.06. The van der Waals surface area contributed by atoms with Gasteiger partial charge in [-0.3, -0.25) is 4.98 Å². The summed E-state index contributed by atoms with van der Waals surface area (Å²) < 4.78 is 6.89. The third kappa shape index (κ3) is 3.15. The van der Waals surface area contributed by atoms with E-state index in [1.54, 1.807) is 0 Å². The molecule has 0 N–H and O–H groups in total. The van der Waals surface area contributed by atoms with Crippen LogP contribution >= 0.6 is 0 Å². The predicted octanol–water partition coefficient (Wildman–Crippen LogP) is 9.15. The fourth-order valence-corrected chi connectivity index (χ4v) is 5.22. The third-order valence-corrected chi connectivity index (χ3v) is 6.78. The second-order valence-electron chi connectivity index (χ2n) is 8.78. The largest absolute Gasteiger partial charge is 0.455 e. The Labute approximate surface area is 203 Å². The maximum atomic E-state index is 6.89. The summed E-state index contributed by atoms with van der Waals surface area (Å²) in [5.41, 5.74) is 2.35. The van der Waals surface area contributed by atoms with Crippen LogP contribution in [0.5, 0.6) is 11.5 Å². The second-order valence-corrected chi connectivity index (χ2v) is 8.78. The van der Waals surface area contributed by atoms with Gasteiger partial charge in [-0.05, 0) is 44.8 Å². The van der Waals surface area contributed by atoms with Gasteiger partial charge >= 0.3 is 0 Å². The average Bonchev–Trinajstić information content (AvgIpc) is 2.93. The molecule has 0 aliphatic rings. The molecular weight excluding hydrogens is 426 g/mol. The van der Waals surface area contributed by atoms with E-state index >= 15 is 0 Å². The number of aromatic nitrogens is 1. The molecule has 1 aromatic heterocycles. The summed E-state index contributed by atoms with van der Waals surface area (Å²) in [6.07, 6.45) is 3.80. The van der Waals surface area contributed by atoms with Crippen molar-refractivity contribution in [1.29, 1.82) is 0 Å². The van der Waals surface area contributed by atoms with Crippen LogP contribution in [0.3, 0.4) is 0 Å². The van der Waals surface area contributed by atoms with Gasteiger partial charge in [0, 0.05) is 33.9 Å². The maximum Gasteiger partial charge on any atom is 0.143 e. The highest BCUT2D eigenvalue weighted by Gasteiger charge is 2.18. The standard InChI is InChI=1S/C33H21NO/c1-2-10-22(11-3-1)32-27-16-8-9-17-28(27)33(29-18-19-34-21-30(29)32)35-31-20-23-12-4-5-13-24(23)25-14-6-7-15-26(25)31/h1-21H. The van der Waals surface area contributed by atoms with Crippen molar-refractivity contribution in [3.8, 4) is 22.6 Å². The molecule has 0 amide bonds. The van der Waals surface area contributed by atoms with E-state index in [0.717, 1.165) is 43.8 Å². The van der Waals surface area contributed by atoms with Crippen molar-refractivity contribution >= 4 is 43.1 Å². The average molecular weight is 448 g/mol. The van der Waals surface area contributed by atoms with Crippen LogP contribution in [-0.4, -0.2) is 4.98 Å². The Balaban J connectivity index is 1.56. The molecule has 0 aliphatic carbocycles. The van der Waals surface area contributed by atoms with Crippen LogP contribution in [0.1, 0.15) is 0 Å². The number of benzene rings is 6. The third-order valence-electron chi connectivity index (χ3n) is 6.78. The van der Waals surface area contributed by atoms with E-state index in [4.69, 9.17) is 4.74 Å². The lowest BCUT2D eigenvalue weighted by Crippen LogP contribution is -1.93. The van der Waals surface area contributed by atoms with Crippen LogP contribution in [0.15, 0.2) is 128 Å². The molecule has 1 heterocycles. The van der Waals surface area contributed by atoms with E-state index in [9.17, 15) is 0 Å². The summed E-state index contributed by atoms with van der Waals surface area (Å²) in [6.45, 7) is 0. The summed E-state index contributed by atoms with van der Waals surface area (Å²) in [5.74, 6) is 1.72. The minimum atomic E-state index is 0.857. The van der Waals surface area contributed by atoms with Gasteiger partial charge in [0.15, 0.2) is 0 Å². The molecule has 35 heavy (non-hydrogen) atoms. The van der Waals surface area contributed by atoms with Crippen LogP contribution < -0.4 is 4.74 Å². The van der Waals surface area contributed by atoms with Crippen molar-refractivity contribution in [3.05, 3.63) is 128 Å². The quantitative estimate of drug-likeness (QED) is 0.199. The summed E-state index contributed by atoms with van der Waals surface area (Å²) in [4.78, 5) is 4.49. The number of hydrogen-bond donors (Lipinski definition) is 0. The molecule has 0 saturated carbocycles. The predicted molar refractivity (Wildman–Crippen MR) is 146 cm³/mol. The topological polar surface area (TPSA) is 22.1 Å². The molecule has 0 saturated heterocycles. The summed E-state index contributed by atoms with van der Waals surface area (Å²) in [6, 6.07) is 40.2. The zero-order valence-corrected chi connectivity index (χ0v) is 19.0. The van der Waals surface area contributed by atoms with E-state index < -0.39 is 0 Å². The van der Waals surface area contributed by atoms with Gasteiger partial charge in [0.25, 0.3) is 0 Å². The lowest BCUT2D eigenvalue weighted by atomic mass is 9.92. The molecule has 0 spiro atoms. The first-order valence-electron chi connectivity index (χ1n) is 11.8. The number of nitrogens with zero attached hydrogens (tertiary/aromatic N) is 1. The van der Waals surface area contributed by atoms with Crippen LogP contribution in [0.25, 0.3) is 54.2 Å². The molecule has 0 unspecified atom stereocenters. The number of ether oxygens (including phenoxy) is 1. The second kappa shape index (κ2) is 7.96. The van der Waals surface area contributed by atoms with Gasteiger partial charge < -0.3 is 4.74 Å². The molecule has 0 aliphatic heterocycles. The Hall–Kier alpha value is -4.69. The molecule has 164 valence electrons. The Morgan fingerprint density at radius 1 is 0.486 bits per heavy atom. The Morgan fingerprint density at radius 2 is 1.11 bits per heavy atom. The van der Waals surface area contributed by atoms with Gasteiger partial charge in [0.05, 0.1) is 0 Å². The molecule has 0 fully saturated rings. The summed E-state index contributed by atoms with van der Waals surface area (Å²) >= 11 is 0. The van der Waals surface area contributed by atoms with E-state index in [2.05, 4.69) is 120 Å². The molecule has 7 rings (SSSR count). The molecule has 0 atom stereocenters. The minimum absolute atomic E-state index is 0.857. The zero-order valence-electron chi connectivity index (χ0n) is 19.0. The van der Waals surface area contributed by atoms with Crippen molar-refractivity contribution in [1.82, 2.24) is 4.98 Å². The van der Waals surface area contributed by atoms with Crippen LogP contribution in [0.2, 0.25) is 0 Å². The van der Waals surface area contributed by atoms with Crippen molar-refractivity contribution < 1.29 is 4.74 Å². The van der Waals surface area contributed by atoms with Crippen molar-refractivity contribution in [2.45, 2.75) is 0 Å². The van der Waals surface area contributed by atoms with E-state index in [-0.39, 0.29) is 0 Å². The minimum Gasteiger partial charge on any atom is -0.455 e.